The number of hydrogen-bond donors (Lipinski definition) is 0. The van der Waals surface area contributed by atoms with Gasteiger partial charge in [-0.3, -0.25) is 0 Å². The quantitative estimate of drug-likeness (QED) is 0.527. The first-order valence-electron chi connectivity index (χ1n) is 8.02. The van der Waals surface area contributed by atoms with Gasteiger partial charge in [0, 0.05) is 14.0 Å². The average molecular weight is 292 g/mol. The Balaban J connectivity index is 0. The topological polar surface area (TPSA) is 9.23 Å². The van der Waals surface area contributed by atoms with Crippen molar-refractivity contribution in [3.8, 4) is 0 Å². The van der Waals surface area contributed by atoms with Gasteiger partial charge in [-0.1, -0.05) is 46.6 Å². The van der Waals surface area contributed by atoms with Gasteiger partial charge >= 0.3 is 0 Å². The second kappa shape index (κ2) is 12.3. The summed E-state index contributed by atoms with van der Waals surface area (Å²) in [6.45, 7) is 9.69. The fraction of sp³-hybridized carbons (Fsp3) is 0.882. The summed E-state index contributed by atoms with van der Waals surface area (Å²) in [7, 11) is 1.72. The Kier molecular flexibility index (Phi) is 13.5. The van der Waals surface area contributed by atoms with Crippen molar-refractivity contribution in [3.63, 3.8) is 0 Å². The molecule has 1 nitrogen and oxygen atoms in total. The minimum atomic E-state index is -2.68. The first-order valence-corrected chi connectivity index (χ1v) is 8.02. The van der Waals surface area contributed by atoms with E-state index in [9.17, 15) is 8.78 Å². The highest BCUT2D eigenvalue weighted by Gasteiger charge is 2.32. The first kappa shape index (κ1) is 21.9. The third-order valence-corrected chi connectivity index (χ3v) is 3.37. The maximum absolute atomic E-state index is 12.6. The van der Waals surface area contributed by atoms with Crippen LogP contribution < -0.4 is 0 Å². The third kappa shape index (κ3) is 10.4. The fourth-order valence-electron chi connectivity index (χ4n) is 2.58. The molecule has 0 aromatic heterocycles. The van der Waals surface area contributed by atoms with E-state index < -0.39 is 5.92 Å². The van der Waals surface area contributed by atoms with Crippen LogP contribution in [0.3, 0.4) is 0 Å². The van der Waals surface area contributed by atoms with Crippen molar-refractivity contribution in [1.82, 2.24) is 0 Å². The zero-order valence-electron chi connectivity index (χ0n) is 14.3. The molecule has 0 unspecified atom stereocenters. The maximum Gasteiger partial charge on any atom is 0.263 e. The molecule has 3 heteroatoms. The molecule has 0 aromatic rings. The lowest BCUT2D eigenvalue weighted by Crippen LogP contribution is -2.22. The van der Waals surface area contributed by atoms with Crippen molar-refractivity contribution in [3.05, 3.63) is 12.2 Å². The molecule has 0 aromatic carbocycles. The van der Waals surface area contributed by atoms with E-state index in [4.69, 9.17) is 4.74 Å². The lowest BCUT2D eigenvalue weighted by molar-refractivity contribution is 0.0735. The Hall–Kier alpha value is -0.440. The van der Waals surface area contributed by atoms with Crippen molar-refractivity contribution < 1.29 is 13.5 Å². The van der Waals surface area contributed by atoms with E-state index in [1.807, 2.05) is 27.7 Å². The monoisotopic (exact) mass is 292 g/mol. The van der Waals surface area contributed by atoms with E-state index in [1.54, 1.807) is 13.2 Å². The van der Waals surface area contributed by atoms with Crippen LogP contribution in [0, 0.1) is 5.41 Å². The molecule has 1 rings (SSSR count). The van der Waals surface area contributed by atoms with Crippen molar-refractivity contribution in [1.29, 1.82) is 0 Å². The molecule has 0 atom stereocenters. The molecular formula is C17H34F2O. The van der Waals surface area contributed by atoms with Crippen LogP contribution >= 0.6 is 0 Å². The second-order valence-corrected chi connectivity index (χ2v) is 5.04. The maximum atomic E-state index is 12.6. The smallest absolute Gasteiger partial charge is 0.263 e. The molecule has 1 aliphatic rings. The standard InChI is InChI=1S/C13H22F2O.2C2H6/c1-12(14,15)7-3-4-8-13(11-16-2)9-5-6-10-13;2*1-2/h3,7H,4-6,8-11H2,1-2H3;2*1-2H3/b7-3+;;. The molecule has 1 fully saturated rings. The number of rotatable bonds is 6. The Morgan fingerprint density at radius 3 is 2.00 bits per heavy atom. The van der Waals surface area contributed by atoms with E-state index in [0.29, 0.717) is 0 Å². The van der Waals surface area contributed by atoms with Gasteiger partial charge in [0.2, 0.25) is 0 Å². The molecule has 0 saturated heterocycles. The Morgan fingerprint density at radius 2 is 1.60 bits per heavy atom. The van der Waals surface area contributed by atoms with Crippen LogP contribution in [0.4, 0.5) is 8.78 Å². The highest BCUT2D eigenvalue weighted by Crippen LogP contribution is 2.42. The number of alkyl halides is 2. The van der Waals surface area contributed by atoms with Crippen LogP contribution in [-0.4, -0.2) is 19.6 Å². The Bertz CT molecular complexity index is 226. The molecule has 0 spiro atoms. The van der Waals surface area contributed by atoms with E-state index in [2.05, 4.69) is 0 Å². The summed E-state index contributed by atoms with van der Waals surface area (Å²) in [5.74, 6) is -2.68. The molecule has 0 radical (unpaired) electrons. The average Bonchev–Trinajstić information content (AvgIpc) is 2.88. The van der Waals surface area contributed by atoms with E-state index >= 15 is 0 Å². The fourth-order valence-corrected chi connectivity index (χ4v) is 2.58. The van der Waals surface area contributed by atoms with Gasteiger partial charge in [0.1, 0.15) is 0 Å². The SMILES string of the molecule is CC.CC.COCC1(CC/C=C/C(C)(F)F)CCCC1. The molecule has 0 bridgehead atoms. The largest absolute Gasteiger partial charge is 0.384 e. The molecule has 1 saturated carbocycles. The second-order valence-electron chi connectivity index (χ2n) is 5.04. The van der Waals surface area contributed by atoms with Crippen LogP contribution in [0.5, 0.6) is 0 Å². The van der Waals surface area contributed by atoms with Crippen LogP contribution in [0.25, 0.3) is 0 Å². The lowest BCUT2D eigenvalue weighted by Gasteiger charge is -2.27. The first-order chi connectivity index (χ1) is 9.47. The highest BCUT2D eigenvalue weighted by atomic mass is 19.3. The summed E-state index contributed by atoms with van der Waals surface area (Å²) in [4.78, 5) is 0. The molecule has 0 N–H and O–H groups in total. The molecule has 0 amide bonds. The van der Waals surface area contributed by atoms with Crippen molar-refractivity contribution >= 4 is 0 Å². The zero-order valence-corrected chi connectivity index (χ0v) is 14.3. The van der Waals surface area contributed by atoms with Gasteiger partial charge in [-0.2, -0.15) is 0 Å². The summed E-state index contributed by atoms with van der Waals surface area (Å²) in [6, 6.07) is 0. The summed E-state index contributed by atoms with van der Waals surface area (Å²) < 4.78 is 30.4. The van der Waals surface area contributed by atoms with Gasteiger partial charge < -0.3 is 4.74 Å². The molecule has 0 aliphatic heterocycles. The van der Waals surface area contributed by atoms with Crippen molar-refractivity contribution in [2.45, 2.75) is 79.1 Å². The van der Waals surface area contributed by atoms with E-state index in [-0.39, 0.29) is 5.41 Å². The Morgan fingerprint density at radius 1 is 1.10 bits per heavy atom. The number of halogens is 2. The van der Waals surface area contributed by atoms with Gasteiger partial charge in [-0.05, 0) is 37.2 Å². The van der Waals surface area contributed by atoms with Crippen LogP contribution in [0.15, 0.2) is 12.2 Å². The normalized spacial score (nSPS) is 17.2. The molecule has 0 heterocycles. The number of methoxy groups -OCH3 is 1. The van der Waals surface area contributed by atoms with Gasteiger partial charge in [0.05, 0.1) is 6.61 Å². The summed E-state index contributed by atoms with van der Waals surface area (Å²) in [5.41, 5.74) is 0.252. The van der Waals surface area contributed by atoms with Gasteiger partial charge in [-0.25, -0.2) is 8.78 Å². The van der Waals surface area contributed by atoms with Gasteiger partial charge in [0.15, 0.2) is 0 Å². The minimum absolute atomic E-state index is 0.252. The van der Waals surface area contributed by atoms with Crippen LogP contribution in [0.1, 0.15) is 73.1 Å². The summed E-state index contributed by atoms with van der Waals surface area (Å²) in [6.07, 6.45) is 9.15. The summed E-state index contributed by atoms with van der Waals surface area (Å²) >= 11 is 0. The molecular weight excluding hydrogens is 258 g/mol. The zero-order chi connectivity index (χ0) is 16.1. The van der Waals surface area contributed by atoms with Crippen molar-refractivity contribution in [2.75, 3.05) is 13.7 Å². The predicted molar refractivity (Wildman–Crippen MR) is 84.5 cm³/mol. The molecule has 1 aliphatic carbocycles. The number of hydrogen-bond acceptors (Lipinski definition) is 1. The van der Waals surface area contributed by atoms with Crippen LogP contribution in [-0.2, 0) is 4.74 Å². The van der Waals surface area contributed by atoms with Gasteiger partial charge in [-0.15, -0.1) is 0 Å². The van der Waals surface area contributed by atoms with Crippen LogP contribution in [0.2, 0.25) is 0 Å². The van der Waals surface area contributed by atoms with E-state index in [1.165, 1.54) is 25.7 Å². The lowest BCUT2D eigenvalue weighted by atomic mass is 9.82. The number of ether oxygens (including phenoxy) is 1. The molecule has 122 valence electrons. The summed E-state index contributed by atoms with van der Waals surface area (Å²) in [5, 5.41) is 0. The van der Waals surface area contributed by atoms with E-state index in [0.717, 1.165) is 32.4 Å². The third-order valence-electron chi connectivity index (χ3n) is 3.37. The van der Waals surface area contributed by atoms with Crippen molar-refractivity contribution in [2.24, 2.45) is 5.41 Å². The van der Waals surface area contributed by atoms with Gasteiger partial charge in [0.25, 0.3) is 5.92 Å². The predicted octanol–water partition coefficient (Wildman–Crippen LogP) is 6.24. The Labute approximate surface area is 124 Å². The minimum Gasteiger partial charge on any atom is -0.384 e. The number of allylic oxidation sites excluding steroid dienone is 2. The molecule has 20 heavy (non-hydrogen) atoms. The highest BCUT2D eigenvalue weighted by molar-refractivity contribution is 4.94.